The Kier molecular flexibility index (Phi) is 6.46. The fourth-order valence-corrected chi connectivity index (χ4v) is 3.08. The number of carbonyl (C=O) groups is 2. The molecule has 0 fully saturated rings. The van der Waals surface area contributed by atoms with Crippen molar-refractivity contribution >= 4 is 28.4 Å². The maximum absolute atomic E-state index is 12.0. The van der Waals surface area contributed by atoms with Crippen LogP contribution < -0.4 is 10.1 Å². The molecule has 0 bridgehead atoms. The Hall–Kier alpha value is -3.68. The van der Waals surface area contributed by atoms with Crippen molar-refractivity contribution in [1.29, 1.82) is 0 Å². The monoisotopic (exact) mass is 408 g/mol. The van der Waals surface area contributed by atoms with E-state index in [2.05, 4.69) is 15.5 Å². The number of nitrogens with zero attached hydrogens (tertiary/aromatic N) is 3. The van der Waals surface area contributed by atoms with Gasteiger partial charge in [-0.25, -0.2) is 0 Å². The van der Waals surface area contributed by atoms with Crippen LogP contribution >= 0.6 is 0 Å². The van der Waals surface area contributed by atoms with Crippen molar-refractivity contribution in [2.24, 2.45) is 10.2 Å². The first-order valence-electron chi connectivity index (χ1n) is 9.60. The lowest BCUT2D eigenvalue weighted by Crippen LogP contribution is -2.32. The fraction of sp³-hybridized carbons (Fsp3) is 0.273. The first kappa shape index (κ1) is 21.0. The van der Waals surface area contributed by atoms with Crippen LogP contribution in [0.4, 0.5) is 5.69 Å². The summed E-state index contributed by atoms with van der Waals surface area (Å²) in [5.41, 5.74) is 1.94. The zero-order valence-electron chi connectivity index (χ0n) is 17.1. The molecule has 0 saturated carbocycles. The van der Waals surface area contributed by atoms with Crippen LogP contribution in [0.3, 0.4) is 0 Å². The Balaban J connectivity index is 1.61. The van der Waals surface area contributed by atoms with E-state index in [9.17, 15) is 14.7 Å². The second kappa shape index (κ2) is 9.21. The molecular weight excluding hydrogens is 384 g/mol. The number of hydrogen-bond donors (Lipinski definition) is 2. The van der Waals surface area contributed by atoms with Crippen LogP contribution in [0.15, 0.2) is 58.8 Å². The van der Waals surface area contributed by atoms with Crippen LogP contribution in [0.5, 0.6) is 11.6 Å². The SMILES string of the molecule is Cc1ccccc1OCC(=O)NCC(=O)N=Nc1c(O)n(C(C)C)c2ccccc12. The Morgan fingerprint density at radius 2 is 1.83 bits per heavy atom. The molecule has 1 aromatic heterocycles. The molecule has 1 heterocycles. The van der Waals surface area contributed by atoms with Gasteiger partial charge < -0.3 is 19.7 Å². The minimum absolute atomic E-state index is 0.00194. The molecule has 3 rings (SSSR count). The predicted molar refractivity (Wildman–Crippen MR) is 113 cm³/mol. The van der Waals surface area contributed by atoms with E-state index in [1.807, 2.05) is 57.2 Å². The molecule has 0 spiro atoms. The Bertz CT molecular complexity index is 1100. The van der Waals surface area contributed by atoms with E-state index in [4.69, 9.17) is 4.74 Å². The maximum Gasteiger partial charge on any atom is 0.283 e. The zero-order chi connectivity index (χ0) is 21.7. The Morgan fingerprint density at radius 1 is 1.13 bits per heavy atom. The van der Waals surface area contributed by atoms with Gasteiger partial charge in [0, 0.05) is 11.4 Å². The number of aryl methyl sites for hydroxylation is 1. The number of hydrogen-bond acceptors (Lipinski definition) is 5. The van der Waals surface area contributed by atoms with Crippen molar-refractivity contribution in [3.63, 3.8) is 0 Å². The third kappa shape index (κ3) is 4.65. The zero-order valence-corrected chi connectivity index (χ0v) is 17.1. The minimum Gasteiger partial charge on any atom is -0.493 e. The van der Waals surface area contributed by atoms with E-state index in [0.29, 0.717) is 11.1 Å². The topological polar surface area (TPSA) is 105 Å². The third-order valence-corrected chi connectivity index (χ3v) is 4.53. The van der Waals surface area contributed by atoms with E-state index < -0.39 is 11.8 Å². The van der Waals surface area contributed by atoms with Crippen LogP contribution in [0.25, 0.3) is 10.9 Å². The number of aromatic hydroxyl groups is 1. The smallest absolute Gasteiger partial charge is 0.283 e. The molecule has 2 aromatic carbocycles. The lowest BCUT2D eigenvalue weighted by molar-refractivity contribution is -0.126. The van der Waals surface area contributed by atoms with Gasteiger partial charge in [-0.2, -0.15) is 0 Å². The summed E-state index contributed by atoms with van der Waals surface area (Å²) in [6.45, 7) is 5.23. The molecule has 30 heavy (non-hydrogen) atoms. The summed E-state index contributed by atoms with van der Waals surface area (Å²) < 4.78 is 7.16. The van der Waals surface area contributed by atoms with Crippen molar-refractivity contribution in [3.8, 4) is 11.6 Å². The Morgan fingerprint density at radius 3 is 2.57 bits per heavy atom. The second-order valence-corrected chi connectivity index (χ2v) is 7.08. The average Bonchev–Trinajstić information content (AvgIpc) is 3.01. The summed E-state index contributed by atoms with van der Waals surface area (Å²) >= 11 is 0. The van der Waals surface area contributed by atoms with Crippen molar-refractivity contribution in [2.75, 3.05) is 13.2 Å². The quantitative estimate of drug-likeness (QED) is 0.576. The molecule has 0 atom stereocenters. The van der Waals surface area contributed by atoms with Crippen LogP contribution in [0.1, 0.15) is 25.5 Å². The number of amides is 2. The third-order valence-electron chi connectivity index (χ3n) is 4.53. The van der Waals surface area contributed by atoms with Gasteiger partial charge in [0.1, 0.15) is 12.3 Å². The lowest BCUT2D eigenvalue weighted by Gasteiger charge is -2.10. The van der Waals surface area contributed by atoms with Crippen LogP contribution in [0.2, 0.25) is 0 Å². The molecule has 156 valence electrons. The molecule has 2 amide bonds. The molecule has 8 nitrogen and oxygen atoms in total. The summed E-state index contributed by atoms with van der Waals surface area (Å²) in [7, 11) is 0. The average molecular weight is 408 g/mol. The van der Waals surface area contributed by atoms with E-state index in [1.165, 1.54) is 0 Å². The van der Waals surface area contributed by atoms with Crippen LogP contribution in [-0.4, -0.2) is 34.6 Å². The van der Waals surface area contributed by atoms with Gasteiger partial charge >= 0.3 is 0 Å². The molecule has 0 aliphatic carbocycles. The normalized spacial score (nSPS) is 11.3. The Labute approximate surface area is 174 Å². The number of aromatic nitrogens is 1. The molecule has 0 saturated heterocycles. The number of azo groups is 1. The summed E-state index contributed by atoms with van der Waals surface area (Å²) in [6, 6.07) is 14.7. The van der Waals surface area contributed by atoms with E-state index in [-0.39, 0.29) is 30.8 Å². The van der Waals surface area contributed by atoms with Gasteiger partial charge in [0.2, 0.25) is 5.88 Å². The molecular formula is C22H24N4O4. The minimum atomic E-state index is -0.639. The second-order valence-electron chi connectivity index (χ2n) is 7.08. The molecule has 0 aliphatic heterocycles. The molecule has 0 aliphatic rings. The maximum atomic E-state index is 12.0. The van der Waals surface area contributed by atoms with Gasteiger partial charge in [0.25, 0.3) is 11.8 Å². The van der Waals surface area contributed by atoms with E-state index >= 15 is 0 Å². The number of fused-ring (bicyclic) bond motifs is 1. The predicted octanol–water partition coefficient (Wildman–Crippen LogP) is 4.04. The number of para-hydroxylation sites is 2. The molecule has 3 aromatic rings. The van der Waals surface area contributed by atoms with Gasteiger partial charge in [0.15, 0.2) is 12.3 Å². The number of carbonyl (C=O) groups excluding carboxylic acids is 2. The van der Waals surface area contributed by atoms with Gasteiger partial charge in [-0.3, -0.25) is 9.59 Å². The number of rotatable bonds is 7. The highest BCUT2D eigenvalue weighted by Crippen LogP contribution is 2.40. The van der Waals surface area contributed by atoms with E-state index in [1.54, 1.807) is 16.7 Å². The van der Waals surface area contributed by atoms with Gasteiger partial charge in [-0.1, -0.05) is 36.4 Å². The first-order valence-corrected chi connectivity index (χ1v) is 9.60. The van der Waals surface area contributed by atoms with Crippen molar-refractivity contribution < 1.29 is 19.4 Å². The highest BCUT2D eigenvalue weighted by molar-refractivity contribution is 5.95. The van der Waals surface area contributed by atoms with Crippen molar-refractivity contribution in [2.45, 2.75) is 26.8 Å². The number of nitrogens with one attached hydrogen (secondary N) is 1. The van der Waals surface area contributed by atoms with Crippen molar-refractivity contribution in [3.05, 3.63) is 54.1 Å². The summed E-state index contributed by atoms with van der Waals surface area (Å²) in [5, 5.41) is 21.2. The van der Waals surface area contributed by atoms with Gasteiger partial charge in [-0.15, -0.1) is 10.2 Å². The molecule has 0 radical (unpaired) electrons. The first-order chi connectivity index (χ1) is 14.4. The van der Waals surface area contributed by atoms with Crippen LogP contribution in [-0.2, 0) is 9.59 Å². The molecule has 0 unspecified atom stereocenters. The molecule has 8 heteroatoms. The van der Waals surface area contributed by atoms with Gasteiger partial charge in [-0.05, 0) is 38.5 Å². The fourth-order valence-electron chi connectivity index (χ4n) is 3.08. The summed E-state index contributed by atoms with van der Waals surface area (Å²) in [5.74, 6) is -0.532. The molecule has 2 N–H and O–H groups in total. The van der Waals surface area contributed by atoms with Gasteiger partial charge in [0.05, 0.1) is 5.52 Å². The standard InChI is InChI=1S/C22H24N4O4/c1-14(2)26-17-10-6-5-9-16(17)21(22(26)29)25-24-19(27)12-23-20(28)13-30-18-11-7-4-8-15(18)3/h4-11,14,29H,12-13H2,1-3H3,(H,23,28). The number of benzene rings is 2. The number of ether oxygens (including phenoxy) is 1. The highest BCUT2D eigenvalue weighted by atomic mass is 16.5. The van der Waals surface area contributed by atoms with E-state index in [0.717, 1.165) is 11.1 Å². The van der Waals surface area contributed by atoms with Crippen LogP contribution in [0, 0.1) is 6.92 Å². The summed E-state index contributed by atoms with van der Waals surface area (Å²) in [6.07, 6.45) is 0. The lowest BCUT2D eigenvalue weighted by atomic mass is 10.2. The highest BCUT2D eigenvalue weighted by Gasteiger charge is 2.18. The largest absolute Gasteiger partial charge is 0.493 e. The van der Waals surface area contributed by atoms with Crippen molar-refractivity contribution in [1.82, 2.24) is 9.88 Å². The summed E-state index contributed by atoms with van der Waals surface area (Å²) in [4.78, 5) is 23.9.